The van der Waals surface area contributed by atoms with Crippen molar-refractivity contribution < 1.29 is 14.6 Å². The number of non-ortho nitro benzene ring substituents is 1. The molecule has 14 nitrogen and oxygen atoms in total. The molecule has 4 rings (SSSR count). The van der Waals surface area contributed by atoms with Gasteiger partial charge in [0.05, 0.1) is 17.4 Å². The maximum absolute atomic E-state index is 13.6. The molecule has 0 aliphatic rings. The summed E-state index contributed by atoms with van der Waals surface area (Å²) in [4.78, 5) is 46.6. The van der Waals surface area contributed by atoms with Crippen molar-refractivity contribution >= 4 is 16.9 Å². The van der Waals surface area contributed by atoms with Gasteiger partial charge in [-0.1, -0.05) is 31.1 Å². The zero-order valence-corrected chi connectivity index (χ0v) is 21.9. The molecule has 14 heteroatoms. The number of hydrogen-bond acceptors (Lipinski definition) is 10. The third-order valence-electron chi connectivity index (χ3n) is 6.47. The first-order chi connectivity index (χ1) is 18.8. The van der Waals surface area contributed by atoms with Gasteiger partial charge >= 0.3 is 5.69 Å². The van der Waals surface area contributed by atoms with Gasteiger partial charge in [-0.15, -0.1) is 0 Å². The molecule has 4 aromatic rings. The minimum absolute atomic E-state index is 0.0345. The molecule has 0 aliphatic carbocycles. The number of hydrogen-bond donors (Lipinski definition) is 2. The van der Waals surface area contributed by atoms with Gasteiger partial charge in [-0.25, -0.2) is 9.78 Å². The predicted octanol–water partition coefficient (Wildman–Crippen LogP) is 1.25. The van der Waals surface area contributed by atoms with Crippen LogP contribution in [-0.4, -0.2) is 58.0 Å². The van der Waals surface area contributed by atoms with Crippen molar-refractivity contribution in [1.29, 1.82) is 0 Å². The average molecular weight is 541 g/mol. The molecule has 0 saturated heterocycles. The molecule has 0 radical (unpaired) electrons. The van der Waals surface area contributed by atoms with Gasteiger partial charge in [-0.3, -0.25) is 24.0 Å². The van der Waals surface area contributed by atoms with Gasteiger partial charge in [0, 0.05) is 44.9 Å². The maximum atomic E-state index is 13.6. The Labute approximate surface area is 223 Å². The number of rotatable bonds is 14. The molecule has 3 heterocycles. The van der Waals surface area contributed by atoms with Crippen molar-refractivity contribution in [2.75, 3.05) is 13.1 Å². The van der Waals surface area contributed by atoms with Crippen LogP contribution in [0, 0.1) is 10.1 Å². The highest BCUT2D eigenvalue weighted by molar-refractivity contribution is 5.71. The number of benzene rings is 1. The Morgan fingerprint density at radius 2 is 1.97 bits per heavy atom. The van der Waals surface area contributed by atoms with E-state index in [0.29, 0.717) is 56.2 Å². The number of aliphatic hydroxyl groups is 1. The van der Waals surface area contributed by atoms with Crippen molar-refractivity contribution in [2.45, 2.75) is 65.3 Å². The molecule has 1 unspecified atom stereocenters. The fourth-order valence-electron chi connectivity index (χ4n) is 4.41. The second kappa shape index (κ2) is 12.6. The van der Waals surface area contributed by atoms with Gasteiger partial charge in [-0.2, -0.15) is 4.98 Å². The molecule has 39 heavy (non-hydrogen) atoms. The lowest BCUT2D eigenvalue weighted by Crippen LogP contribution is -2.41. The summed E-state index contributed by atoms with van der Waals surface area (Å²) in [7, 11) is 0. The molecule has 1 atom stereocenters. The van der Waals surface area contributed by atoms with Crippen molar-refractivity contribution in [3.8, 4) is 0 Å². The molecule has 2 N–H and O–H groups in total. The number of nitro benzene ring substituents is 1. The van der Waals surface area contributed by atoms with Crippen LogP contribution in [0.3, 0.4) is 0 Å². The SMILES string of the molecule is CCCn1c(=O)c2c(nc(Cc3ncno3)n2CCNCC(O)CC)n(CCc2cccc([N+](=O)[O-])c2)c1=O. The first-order valence-electron chi connectivity index (χ1n) is 12.9. The van der Waals surface area contributed by atoms with Gasteiger partial charge < -0.3 is 19.5 Å². The highest BCUT2D eigenvalue weighted by atomic mass is 16.6. The molecule has 3 aromatic heterocycles. The lowest BCUT2D eigenvalue weighted by molar-refractivity contribution is -0.384. The van der Waals surface area contributed by atoms with E-state index in [1.807, 2.05) is 13.8 Å². The van der Waals surface area contributed by atoms with E-state index in [2.05, 4.69) is 15.5 Å². The van der Waals surface area contributed by atoms with Crippen molar-refractivity contribution in [1.82, 2.24) is 34.1 Å². The number of aliphatic hydroxyl groups excluding tert-OH is 1. The summed E-state index contributed by atoms with van der Waals surface area (Å²) in [6.07, 6.45) is 2.46. The highest BCUT2D eigenvalue weighted by Crippen LogP contribution is 2.17. The number of nitrogens with zero attached hydrogens (tertiary/aromatic N) is 7. The fourth-order valence-corrected chi connectivity index (χ4v) is 4.41. The van der Waals surface area contributed by atoms with E-state index in [-0.39, 0.29) is 36.4 Å². The van der Waals surface area contributed by atoms with E-state index in [1.165, 1.54) is 27.6 Å². The van der Waals surface area contributed by atoms with Crippen LogP contribution in [0.1, 0.15) is 44.0 Å². The summed E-state index contributed by atoms with van der Waals surface area (Å²) < 4.78 is 9.58. The minimum Gasteiger partial charge on any atom is -0.392 e. The topological polar surface area (TPSA) is 176 Å². The van der Waals surface area contributed by atoms with E-state index < -0.39 is 22.3 Å². The Hall–Kier alpha value is -4.17. The number of nitro groups is 1. The quantitative estimate of drug-likeness (QED) is 0.134. The minimum atomic E-state index is -0.488. The van der Waals surface area contributed by atoms with Crippen LogP contribution in [0.15, 0.2) is 44.7 Å². The summed E-state index contributed by atoms with van der Waals surface area (Å²) in [5, 5.41) is 27.9. The van der Waals surface area contributed by atoms with Crippen LogP contribution in [0.2, 0.25) is 0 Å². The van der Waals surface area contributed by atoms with Crippen LogP contribution in [-0.2, 0) is 32.5 Å². The maximum Gasteiger partial charge on any atom is 0.332 e. The van der Waals surface area contributed by atoms with Crippen LogP contribution in [0.25, 0.3) is 11.2 Å². The zero-order chi connectivity index (χ0) is 27.9. The van der Waals surface area contributed by atoms with Gasteiger partial charge in [0.25, 0.3) is 11.2 Å². The number of nitrogens with one attached hydrogen (secondary N) is 1. The van der Waals surface area contributed by atoms with Crippen molar-refractivity contribution in [3.05, 3.63) is 78.8 Å². The summed E-state index contributed by atoms with van der Waals surface area (Å²) in [5.74, 6) is 0.780. The molecular weight excluding hydrogens is 508 g/mol. The molecule has 0 fully saturated rings. The molecule has 208 valence electrons. The molecular formula is C25H32N8O6. The first-order valence-corrected chi connectivity index (χ1v) is 12.9. The summed E-state index contributed by atoms with van der Waals surface area (Å²) in [6.45, 7) is 5.36. The lowest BCUT2D eigenvalue weighted by atomic mass is 10.1. The van der Waals surface area contributed by atoms with Gasteiger partial charge in [0.1, 0.15) is 5.82 Å². The Bertz CT molecular complexity index is 1540. The number of aromatic nitrogens is 6. The Morgan fingerprint density at radius 1 is 1.15 bits per heavy atom. The van der Waals surface area contributed by atoms with E-state index >= 15 is 0 Å². The van der Waals surface area contributed by atoms with E-state index in [1.54, 1.807) is 16.7 Å². The van der Waals surface area contributed by atoms with Crippen molar-refractivity contribution in [3.63, 3.8) is 0 Å². The highest BCUT2D eigenvalue weighted by Gasteiger charge is 2.22. The second-order valence-corrected chi connectivity index (χ2v) is 9.20. The van der Waals surface area contributed by atoms with Gasteiger partial charge in [-0.05, 0) is 24.8 Å². The van der Waals surface area contributed by atoms with Crippen LogP contribution in [0.4, 0.5) is 5.69 Å². The summed E-state index contributed by atoms with van der Waals surface area (Å²) in [5.41, 5.74) is 0.217. The van der Waals surface area contributed by atoms with Crippen LogP contribution >= 0.6 is 0 Å². The molecule has 0 amide bonds. The Morgan fingerprint density at radius 3 is 2.67 bits per heavy atom. The van der Waals surface area contributed by atoms with Gasteiger partial charge in [0.15, 0.2) is 17.5 Å². The van der Waals surface area contributed by atoms with Crippen LogP contribution < -0.4 is 16.6 Å². The number of aryl methyl sites for hydroxylation is 2. The molecule has 0 saturated carbocycles. The third-order valence-corrected chi connectivity index (χ3v) is 6.47. The second-order valence-electron chi connectivity index (χ2n) is 9.20. The molecule has 0 spiro atoms. The van der Waals surface area contributed by atoms with E-state index in [9.17, 15) is 24.8 Å². The first kappa shape index (κ1) is 27.9. The Balaban J connectivity index is 1.79. The fraction of sp³-hybridized carbons (Fsp3) is 0.480. The monoisotopic (exact) mass is 540 g/mol. The zero-order valence-electron chi connectivity index (χ0n) is 21.9. The number of imidazole rings is 1. The Kier molecular flexibility index (Phi) is 8.99. The predicted molar refractivity (Wildman–Crippen MR) is 142 cm³/mol. The van der Waals surface area contributed by atoms with E-state index in [4.69, 9.17) is 9.51 Å². The molecule has 1 aromatic carbocycles. The molecule has 0 aliphatic heterocycles. The number of fused-ring (bicyclic) bond motifs is 1. The normalized spacial score (nSPS) is 12.3. The van der Waals surface area contributed by atoms with Crippen LogP contribution in [0.5, 0.6) is 0 Å². The lowest BCUT2D eigenvalue weighted by Gasteiger charge is -2.14. The molecule has 0 bridgehead atoms. The van der Waals surface area contributed by atoms with Gasteiger partial charge in [0.2, 0.25) is 5.89 Å². The average Bonchev–Trinajstić information content (AvgIpc) is 3.57. The van der Waals surface area contributed by atoms with E-state index in [0.717, 1.165) is 0 Å². The smallest absolute Gasteiger partial charge is 0.332 e. The van der Waals surface area contributed by atoms with Crippen molar-refractivity contribution in [2.24, 2.45) is 0 Å². The standard InChI is InChI=1S/C25H32N8O6/c1-3-10-32-24(35)22-23(31(25(32)36)11-8-17-6-5-7-18(13-17)33(37)38)29-20(14-21-27-16-28-39-21)30(22)12-9-26-15-19(34)4-2/h5-7,13,16,19,26,34H,3-4,8-12,14-15H2,1-2H3. The third kappa shape index (κ3) is 6.29. The summed E-state index contributed by atoms with van der Waals surface area (Å²) in [6, 6.07) is 6.24. The largest absolute Gasteiger partial charge is 0.392 e. The summed E-state index contributed by atoms with van der Waals surface area (Å²) >= 11 is 0.